The lowest BCUT2D eigenvalue weighted by Gasteiger charge is -2.08. The first-order valence-corrected chi connectivity index (χ1v) is 12.4. The minimum absolute atomic E-state index is 0.163. The zero-order chi connectivity index (χ0) is 22.7. The molecule has 31 heavy (non-hydrogen) atoms. The fraction of sp³-hybridized carbons (Fsp3) is 0.458. The van der Waals surface area contributed by atoms with Crippen molar-refractivity contribution in [1.82, 2.24) is 0 Å². The van der Waals surface area contributed by atoms with Crippen molar-refractivity contribution in [3.05, 3.63) is 53.6 Å². The van der Waals surface area contributed by atoms with Gasteiger partial charge >= 0.3 is 5.97 Å². The number of carboxylic acid groups (broad SMARTS) is 1. The molecule has 0 radical (unpaired) electrons. The van der Waals surface area contributed by atoms with E-state index in [2.05, 4.69) is 0 Å². The number of aromatic hydroxyl groups is 1. The van der Waals surface area contributed by atoms with Crippen molar-refractivity contribution in [3.8, 4) is 11.5 Å². The van der Waals surface area contributed by atoms with E-state index in [1.807, 2.05) is 19.1 Å². The summed E-state index contributed by atoms with van der Waals surface area (Å²) >= 11 is 0. The molecule has 6 nitrogen and oxygen atoms in total. The van der Waals surface area contributed by atoms with Crippen molar-refractivity contribution in [2.45, 2.75) is 63.2 Å². The first-order valence-electron chi connectivity index (χ1n) is 10.8. The molecule has 0 aromatic heterocycles. The Morgan fingerprint density at radius 2 is 1.45 bits per heavy atom. The van der Waals surface area contributed by atoms with E-state index in [1.165, 1.54) is 12.1 Å². The predicted octanol–water partition coefficient (Wildman–Crippen LogP) is 5.37. The lowest BCUT2D eigenvalue weighted by Crippen LogP contribution is -2.06. The average molecular weight is 449 g/mol. The molecule has 2 aromatic rings. The van der Waals surface area contributed by atoms with Gasteiger partial charge in [0.15, 0.2) is 9.84 Å². The van der Waals surface area contributed by atoms with Gasteiger partial charge in [0, 0.05) is 0 Å². The summed E-state index contributed by atoms with van der Waals surface area (Å²) in [4.78, 5) is 11.4. The van der Waals surface area contributed by atoms with E-state index in [0.717, 1.165) is 50.5 Å². The van der Waals surface area contributed by atoms with Crippen LogP contribution in [0.25, 0.3) is 0 Å². The molecular formula is C24H32O6S. The number of carbonyl (C=O) groups is 1. The largest absolute Gasteiger partial charge is 0.507 e. The zero-order valence-electron chi connectivity index (χ0n) is 18.0. The van der Waals surface area contributed by atoms with Crippen LogP contribution in [-0.2, 0) is 9.84 Å². The highest BCUT2D eigenvalue weighted by Gasteiger charge is 2.13. The summed E-state index contributed by atoms with van der Waals surface area (Å²) in [5, 5.41) is 18.5. The number of benzene rings is 2. The molecular weight excluding hydrogens is 416 g/mol. The third-order valence-electron chi connectivity index (χ3n) is 5.15. The van der Waals surface area contributed by atoms with Gasteiger partial charge in [0.25, 0.3) is 0 Å². The number of aromatic carboxylic acids is 1. The molecule has 0 amide bonds. The number of ether oxygens (including phenoxy) is 1. The topological polar surface area (TPSA) is 101 Å². The van der Waals surface area contributed by atoms with Gasteiger partial charge < -0.3 is 14.9 Å². The van der Waals surface area contributed by atoms with Crippen LogP contribution in [-0.4, -0.2) is 37.0 Å². The molecule has 0 aliphatic heterocycles. The highest BCUT2D eigenvalue weighted by Crippen LogP contribution is 2.23. The van der Waals surface area contributed by atoms with Crippen LogP contribution in [0, 0.1) is 6.92 Å². The molecule has 2 rings (SSSR count). The lowest BCUT2D eigenvalue weighted by molar-refractivity contribution is 0.0693. The molecule has 0 aliphatic carbocycles. The standard InChI is InChI=1S/C24H32O6S/c1-19-10-13-21(14-11-19)31(28,29)17-9-7-5-3-2-4-6-8-16-30-20-12-15-23(25)22(18-20)24(26)27/h10-15,18,25H,2-9,16-17H2,1H3,(H,26,27). The van der Waals surface area contributed by atoms with Crippen molar-refractivity contribution in [3.63, 3.8) is 0 Å². The summed E-state index contributed by atoms with van der Waals surface area (Å²) in [6.07, 6.45) is 7.81. The first-order chi connectivity index (χ1) is 14.8. The average Bonchev–Trinajstić information content (AvgIpc) is 2.73. The van der Waals surface area contributed by atoms with E-state index < -0.39 is 15.8 Å². The van der Waals surface area contributed by atoms with Crippen molar-refractivity contribution in [1.29, 1.82) is 0 Å². The van der Waals surface area contributed by atoms with E-state index in [4.69, 9.17) is 9.84 Å². The fourth-order valence-corrected chi connectivity index (χ4v) is 4.66. The first kappa shape index (κ1) is 24.7. The summed E-state index contributed by atoms with van der Waals surface area (Å²) in [6, 6.07) is 11.2. The third kappa shape index (κ3) is 8.61. The molecule has 0 saturated carbocycles. The van der Waals surface area contributed by atoms with E-state index in [0.29, 0.717) is 23.7 Å². The van der Waals surface area contributed by atoms with Gasteiger partial charge in [0.1, 0.15) is 17.1 Å². The van der Waals surface area contributed by atoms with Crippen LogP contribution in [0.4, 0.5) is 0 Å². The van der Waals surface area contributed by atoms with Gasteiger partial charge in [-0.05, 0) is 50.1 Å². The highest BCUT2D eigenvalue weighted by atomic mass is 32.2. The third-order valence-corrected chi connectivity index (χ3v) is 6.97. The molecule has 0 fully saturated rings. The quantitative estimate of drug-likeness (QED) is 0.377. The SMILES string of the molecule is Cc1ccc(S(=O)(=O)CCCCCCCCCCOc2ccc(O)c(C(=O)O)c2)cc1. The van der Waals surface area contributed by atoms with Crippen LogP contribution in [0.15, 0.2) is 47.4 Å². The second kappa shape index (κ2) is 12.3. The fourth-order valence-electron chi connectivity index (χ4n) is 3.28. The minimum Gasteiger partial charge on any atom is -0.507 e. The van der Waals surface area contributed by atoms with Gasteiger partial charge in [-0.1, -0.05) is 56.2 Å². The predicted molar refractivity (Wildman–Crippen MR) is 121 cm³/mol. The van der Waals surface area contributed by atoms with Gasteiger partial charge in [0.2, 0.25) is 0 Å². The van der Waals surface area contributed by atoms with Crippen molar-refractivity contribution in [2.75, 3.05) is 12.4 Å². The summed E-state index contributed by atoms with van der Waals surface area (Å²) < 4.78 is 30.1. The summed E-state index contributed by atoms with van der Waals surface area (Å²) in [6.45, 7) is 2.44. The van der Waals surface area contributed by atoms with Crippen LogP contribution in [0.1, 0.15) is 67.3 Å². The number of unbranched alkanes of at least 4 members (excludes halogenated alkanes) is 7. The Labute approximate surface area is 184 Å². The summed E-state index contributed by atoms with van der Waals surface area (Å²) in [5.41, 5.74) is 0.891. The number of aryl methyl sites for hydroxylation is 1. The number of hydrogen-bond donors (Lipinski definition) is 2. The molecule has 0 heterocycles. The van der Waals surface area contributed by atoms with Crippen LogP contribution in [0.5, 0.6) is 11.5 Å². The number of phenols is 1. The van der Waals surface area contributed by atoms with Gasteiger partial charge in [-0.25, -0.2) is 13.2 Å². The molecule has 2 N–H and O–H groups in total. The van der Waals surface area contributed by atoms with Crippen LogP contribution in [0.2, 0.25) is 0 Å². The molecule has 2 aromatic carbocycles. The number of rotatable bonds is 14. The Morgan fingerprint density at radius 3 is 2.06 bits per heavy atom. The summed E-state index contributed by atoms with van der Waals surface area (Å²) in [5.74, 6) is -0.812. The Bertz CT molecular complexity index is 935. The maximum absolute atomic E-state index is 12.3. The number of hydrogen-bond acceptors (Lipinski definition) is 5. The maximum Gasteiger partial charge on any atom is 0.339 e. The Kier molecular flexibility index (Phi) is 9.85. The van der Waals surface area contributed by atoms with Crippen molar-refractivity contribution in [2.24, 2.45) is 0 Å². The van der Waals surface area contributed by atoms with Gasteiger partial charge in [-0.3, -0.25) is 0 Å². The van der Waals surface area contributed by atoms with Crippen LogP contribution >= 0.6 is 0 Å². The van der Waals surface area contributed by atoms with Gasteiger partial charge in [-0.2, -0.15) is 0 Å². The normalized spacial score (nSPS) is 11.4. The molecule has 0 bridgehead atoms. The number of carboxylic acids is 1. The smallest absolute Gasteiger partial charge is 0.339 e. The molecule has 7 heteroatoms. The molecule has 0 saturated heterocycles. The van der Waals surface area contributed by atoms with Gasteiger partial charge in [0.05, 0.1) is 17.3 Å². The van der Waals surface area contributed by atoms with Crippen molar-refractivity contribution >= 4 is 15.8 Å². The lowest BCUT2D eigenvalue weighted by atomic mass is 10.1. The zero-order valence-corrected chi connectivity index (χ0v) is 18.9. The Balaban J connectivity index is 1.50. The highest BCUT2D eigenvalue weighted by molar-refractivity contribution is 7.91. The van der Waals surface area contributed by atoms with E-state index in [9.17, 15) is 18.3 Å². The molecule has 170 valence electrons. The molecule has 0 atom stereocenters. The number of sulfone groups is 1. The van der Waals surface area contributed by atoms with E-state index in [1.54, 1.807) is 18.2 Å². The second-order valence-corrected chi connectivity index (χ2v) is 9.90. The monoisotopic (exact) mass is 448 g/mol. The molecule has 0 aliphatic rings. The second-order valence-electron chi connectivity index (χ2n) is 7.79. The Morgan fingerprint density at radius 1 is 0.871 bits per heavy atom. The molecule has 0 unspecified atom stereocenters. The van der Waals surface area contributed by atoms with E-state index in [-0.39, 0.29) is 17.1 Å². The molecule has 0 spiro atoms. The van der Waals surface area contributed by atoms with Gasteiger partial charge in [-0.15, -0.1) is 0 Å². The van der Waals surface area contributed by atoms with Crippen LogP contribution < -0.4 is 4.74 Å². The minimum atomic E-state index is -3.18. The maximum atomic E-state index is 12.3. The Hall–Kier alpha value is -2.54. The van der Waals surface area contributed by atoms with Crippen molar-refractivity contribution < 1.29 is 28.2 Å². The summed E-state index contributed by atoms with van der Waals surface area (Å²) in [7, 11) is -3.18. The van der Waals surface area contributed by atoms with Crippen LogP contribution in [0.3, 0.4) is 0 Å². The van der Waals surface area contributed by atoms with E-state index >= 15 is 0 Å².